The van der Waals surface area contributed by atoms with Crippen molar-refractivity contribution in [1.82, 2.24) is 4.90 Å². The van der Waals surface area contributed by atoms with Crippen molar-refractivity contribution >= 4 is 0 Å². The molecule has 1 aliphatic rings. The molecular weight excluding hydrogens is 184 g/mol. The number of nitrogens with two attached hydrogens (primary N) is 1. The molecule has 0 aromatic carbocycles. The summed E-state index contributed by atoms with van der Waals surface area (Å²) in [6.07, 6.45) is 6.53. The summed E-state index contributed by atoms with van der Waals surface area (Å²) in [5.41, 5.74) is 6.64. The number of rotatable bonds is 5. The molecule has 1 heterocycles. The minimum atomic E-state index is 0.376. The van der Waals surface area contributed by atoms with Crippen molar-refractivity contribution < 1.29 is 0 Å². The molecular formula is C13H28N2. The number of likely N-dealkylation sites (tertiary alicyclic amines) is 1. The Morgan fingerprint density at radius 2 is 1.67 bits per heavy atom. The normalized spacial score (nSPS) is 24.0. The van der Waals surface area contributed by atoms with Crippen LogP contribution in [-0.4, -0.2) is 30.6 Å². The predicted octanol–water partition coefficient (Wildman–Crippen LogP) is 2.63. The highest BCUT2D eigenvalue weighted by Crippen LogP contribution is 2.37. The standard InChI is InChI=1S/C13H28N2/c1-4-12(14)11-15-9-7-13(5-2,6-3)8-10-15/h12H,4-11,14H2,1-3H3. The van der Waals surface area contributed by atoms with Gasteiger partial charge in [0.15, 0.2) is 0 Å². The second-order valence-electron chi connectivity index (χ2n) is 5.18. The van der Waals surface area contributed by atoms with Gasteiger partial charge in [-0.25, -0.2) is 0 Å². The van der Waals surface area contributed by atoms with Crippen LogP contribution in [0.25, 0.3) is 0 Å². The SMILES string of the molecule is CCC(N)CN1CCC(CC)(CC)CC1. The Balaban J connectivity index is 2.35. The fourth-order valence-electron chi connectivity index (χ4n) is 2.63. The lowest BCUT2D eigenvalue weighted by molar-refractivity contribution is 0.0912. The highest BCUT2D eigenvalue weighted by molar-refractivity contribution is 4.84. The molecule has 0 saturated carbocycles. The van der Waals surface area contributed by atoms with Crippen LogP contribution in [0.15, 0.2) is 0 Å². The Labute approximate surface area is 95.2 Å². The average Bonchev–Trinajstić information content (AvgIpc) is 2.30. The molecule has 0 aromatic rings. The van der Waals surface area contributed by atoms with Gasteiger partial charge < -0.3 is 10.6 Å². The van der Waals surface area contributed by atoms with Gasteiger partial charge in [0, 0.05) is 12.6 Å². The highest BCUT2D eigenvalue weighted by Gasteiger charge is 2.31. The molecule has 1 unspecified atom stereocenters. The molecule has 1 fully saturated rings. The molecule has 1 aliphatic heterocycles. The zero-order valence-electron chi connectivity index (χ0n) is 10.8. The van der Waals surface area contributed by atoms with E-state index in [0.29, 0.717) is 11.5 Å². The first-order chi connectivity index (χ1) is 7.15. The minimum Gasteiger partial charge on any atom is -0.327 e. The first-order valence-corrected chi connectivity index (χ1v) is 6.63. The van der Waals surface area contributed by atoms with Gasteiger partial charge in [-0.15, -0.1) is 0 Å². The summed E-state index contributed by atoms with van der Waals surface area (Å²) in [6.45, 7) is 10.5. The minimum absolute atomic E-state index is 0.376. The summed E-state index contributed by atoms with van der Waals surface area (Å²) in [4.78, 5) is 2.55. The van der Waals surface area contributed by atoms with E-state index in [-0.39, 0.29) is 0 Å². The van der Waals surface area contributed by atoms with E-state index in [1.165, 1.54) is 38.8 Å². The van der Waals surface area contributed by atoms with Crippen LogP contribution in [0.2, 0.25) is 0 Å². The zero-order valence-corrected chi connectivity index (χ0v) is 10.8. The first kappa shape index (κ1) is 13.0. The van der Waals surface area contributed by atoms with Crippen LogP contribution in [0.5, 0.6) is 0 Å². The Bertz CT molecular complexity index is 165. The van der Waals surface area contributed by atoms with Crippen LogP contribution in [-0.2, 0) is 0 Å². The lowest BCUT2D eigenvalue weighted by atomic mass is 9.74. The molecule has 1 atom stereocenters. The van der Waals surface area contributed by atoms with Gasteiger partial charge in [-0.3, -0.25) is 0 Å². The van der Waals surface area contributed by atoms with Crippen molar-refractivity contribution in [1.29, 1.82) is 0 Å². The monoisotopic (exact) mass is 212 g/mol. The number of piperidine rings is 1. The third-order valence-electron chi connectivity index (χ3n) is 4.43. The summed E-state index contributed by atoms with van der Waals surface area (Å²) in [7, 11) is 0. The van der Waals surface area contributed by atoms with Crippen molar-refractivity contribution in [2.45, 2.75) is 58.9 Å². The Kier molecular flexibility index (Phi) is 5.07. The van der Waals surface area contributed by atoms with E-state index >= 15 is 0 Å². The van der Waals surface area contributed by atoms with Gasteiger partial charge in [-0.2, -0.15) is 0 Å². The molecule has 0 radical (unpaired) electrons. The van der Waals surface area contributed by atoms with E-state index in [2.05, 4.69) is 25.7 Å². The lowest BCUT2D eigenvalue weighted by Gasteiger charge is -2.41. The zero-order chi connectivity index (χ0) is 11.3. The van der Waals surface area contributed by atoms with E-state index in [0.717, 1.165) is 13.0 Å². The first-order valence-electron chi connectivity index (χ1n) is 6.63. The fraction of sp³-hybridized carbons (Fsp3) is 1.00. The molecule has 1 saturated heterocycles. The van der Waals surface area contributed by atoms with Gasteiger partial charge in [-0.05, 0) is 37.8 Å². The van der Waals surface area contributed by atoms with Crippen molar-refractivity contribution in [2.24, 2.45) is 11.1 Å². The molecule has 2 nitrogen and oxygen atoms in total. The molecule has 15 heavy (non-hydrogen) atoms. The molecule has 0 aliphatic carbocycles. The van der Waals surface area contributed by atoms with Crippen LogP contribution in [0.1, 0.15) is 52.9 Å². The number of nitrogens with zero attached hydrogens (tertiary/aromatic N) is 1. The maximum absolute atomic E-state index is 5.99. The van der Waals surface area contributed by atoms with Gasteiger partial charge in [0.05, 0.1) is 0 Å². The van der Waals surface area contributed by atoms with Crippen LogP contribution in [0, 0.1) is 5.41 Å². The largest absolute Gasteiger partial charge is 0.327 e. The molecule has 0 amide bonds. The summed E-state index contributed by atoms with van der Waals surface area (Å²) in [6, 6.07) is 0.376. The van der Waals surface area contributed by atoms with E-state index < -0.39 is 0 Å². The second kappa shape index (κ2) is 5.86. The van der Waals surface area contributed by atoms with Gasteiger partial charge in [-0.1, -0.05) is 33.6 Å². The highest BCUT2D eigenvalue weighted by atomic mass is 15.1. The van der Waals surface area contributed by atoms with Crippen molar-refractivity contribution in [2.75, 3.05) is 19.6 Å². The van der Waals surface area contributed by atoms with Crippen molar-refractivity contribution in [3.8, 4) is 0 Å². The quantitative estimate of drug-likeness (QED) is 0.759. The maximum atomic E-state index is 5.99. The van der Waals surface area contributed by atoms with E-state index in [1.54, 1.807) is 0 Å². The maximum Gasteiger partial charge on any atom is 0.0165 e. The lowest BCUT2D eigenvalue weighted by Crippen LogP contribution is -2.44. The van der Waals surface area contributed by atoms with Gasteiger partial charge in [0.25, 0.3) is 0 Å². The van der Waals surface area contributed by atoms with Crippen molar-refractivity contribution in [3.63, 3.8) is 0 Å². The van der Waals surface area contributed by atoms with Crippen LogP contribution < -0.4 is 5.73 Å². The molecule has 2 N–H and O–H groups in total. The van der Waals surface area contributed by atoms with Crippen molar-refractivity contribution in [3.05, 3.63) is 0 Å². The van der Waals surface area contributed by atoms with E-state index in [9.17, 15) is 0 Å². The van der Waals surface area contributed by atoms with Crippen LogP contribution in [0.3, 0.4) is 0 Å². The number of hydrogen-bond donors (Lipinski definition) is 1. The average molecular weight is 212 g/mol. The third kappa shape index (κ3) is 3.46. The number of hydrogen-bond acceptors (Lipinski definition) is 2. The van der Waals surface area contributed by atoms with Gasteiger partial charge in [0.1, 0.15) is 0 Å². The van der Waals surface area contributed by atoms with Gasteiger partial charge in [0.2, 0.25) is 0 Å². The van der Waals surface area contributed by atoms with Crippen LogP contribution in [0.4, 0.5) is 0 Å². The van der Waals surface area contributed by atoms with E-state index in [4.69, 9.17) is 5.73 Å². The summed E-state index contributed by atoms with van der Waals surface area (Å²) in [5.74, 6) is 0. The smallest absolute Gasteiger partial charge is 0.0165 e. The third-order valence-corrected chi connectivity index (χ3v) is 4.43. The fourth-order valence-corrected chi connectivity index (χ4v) is 2.63. The Morgan fingerprint density at radius 1 is 1.13 bits per heavy atom. The molecule has 90 valence electrons. The molecule has 0 aromatic heterocycles. The molecule has 0 bridgehead atoms. The molecule has 2 heteroatoms. The molecule has 0 spiro atoms. The second-order valence-corrected chi connectivity index (χ2v) is 5.18. The van der Waals surface area contributed by atoms with E-state index in [1.807, 2.05) is 0 Å². The summed E-state index contributed by atoms with van der Waals surface area (Å²) in [5, 5.41) is 0. The molecule has 1 rings (SSSR count). The topological polar surface area (TPSA) is 29.3 Å². The van der Waals surface area contributed by atoms with Gasteiger partial charge >= 0.3 is 0 Å². The van der Waals surface area contributed by atoms with Crippen LogP contribution >= 0.6 is 0 Å². The predicted molar refractivity (Wildman–Crippen MR) is 67.0 cm³/mol. The Morgan fingerprint density at radius 3 is 2.07 bits per heavy atom. The Hall–Kier alpha value is -0.0800. The summed E-state index contributed by atoms with van der Waals surface area (Å²) >= 11 is 0. The summed E-state index contributed by atoms with van der Waals surface area (Å²) < 4.78 is 0.